The third-order valence-corrected chi connectivity index (χ3v) is 3.90. The minimum atomic E-state index is 0.313. The highest BCUT2D eigenvalue weighted by atomic mass is 16.2. The van der Waals surface area contributed by atoms with Gasteiger partial charge in [0.1, 0.15) is 0 Å². The highest BCUT2D eigenvalue weighted by molar-refractivity contribution is 5.98. The van der Waals surface area contributed by atoms with Crippen molar-refractivity contribution < 1.29 is 4.79 Å². The number of rotatable bonds is 4. The number of fused-ring (bicyclic) bond motifs is 1. The second-order valence-corrected chi connectivity index (χ2v) is 5.37. The van der Waals surface area contributed by atoms with Gasteiger partial charge in [0.25, 0.3) is 0 Å². The molecule has 1 fully saturated rings. The van der Waals surface area contributed by atoms with Crippen LogP contribution in [-0.4, -0.2) is 19.0 Å². The van der Waals surface area contributed by atoms with Gasteiger partial charge in [-0.1, -0.05) is 12.1 Å². The summed E-state index contributed by atoms with van der Waals surface area (Å²) in [6.07, 6.45) is 5.24. The van der Waals surface area contributed by atoms with Crippen molar-refractivity contribution >= 4 is 11.6 Å². The molecule has 1 aromatic carbocycles. The van der Waals surface area contributed by atoms with Gasteiger partial charge in [-0.25, -0.2) is 0 Å². The van der Waals surface area contributed by atoms with Gasteiger partial charge in [-0.3, -0.25) is 4.79 Å². The Balaban J connectivity index is 1.77. The summed E-state index contributed by atoms with van der Waals surface area (Å²) in [7, 11) is 0. The molecule has 0 atom stereocenters. The fourth-order valence-corrected chi connectivity index (χ4v) is 2.70. The van der Waals surface area contributed by atoms with Crippen LogP contribution in [0.2, 0.25) is 0 Å². The first-order valence-corrected chi connectivity index (χ1v) is 6.93. The van der Waals surface area contributed by atoms with E-state index >= 15 is 0 Å². The lowest BCUT2D eigenvalue weighted by Gasteiger charge is -2.17. The maximum Gasteiger partial charge on any atom is 0.230 e. The fourth-order valence-electron chi connectivity index (χ4n) is 2.70. The average Bonchev–Trinajstić information content (AvgIpc) is 3.15. The molecule has 18 heavy (non-hydrogen) atoms. The van der Waals surface area contributed by atoms with Crippen LogP contribution in [0.1, 0.15) is 30.4 Å². The molecule has 1 saturated carbocycles. The third-order valence-electron chi connectivity index (χ3n) is 3.90. The Morgan fingerprint density at radius 1 is 1.39 bits per heavy atom. The van der Waals surface area contributed by atoms with Gasteiger partial charge in [0.15, 0.2) is 0 Å². The molecule has 1 aliphatic carbocycles. The number of carbonyl (C=O) groups excluding carboxylic acids is 1. The van der Waals surface area contributed by atoms with Crippen LogP contribution >= 0.6 is 0 Å². The van der Waals surface area contributed by atoms with Crippen LogP contribution < -0.4 is 10.6 Å². The van der Waals surface area contributed by atoms with Crippen LogP contribution in [0, 0.1) is 5.92 Å². The Morgan fingerprint density at radius 2 is 2.22 bits per heavy atom. The van der Waals surface area contributed by atoms with Crippen molar-refractivity contribution in [3.05, 3.63) is 29.3 Å². The number of amides is 1. The average molecular weight is 244 g/mol. The lowest BCUT2D eigenvalue weighted by molar-refractivity contribution is -0.119. The number of hydrogen-bond donors (Lipinski definition) is 1. The number of carbonyl (C=O) groups is 1. The molecule has 2 N–H and O–H groups in total. The molecule has 0 aromatic heterocycles. The van der Waals surface area contributed by atoms with Crippen molar-refractivity contribution in [2.24, 2.45) is 11.7 Å². The van der Waals surface area contributed by atoms with Gasteiger partial charge in [-0.2, -0.15) is 0 Å². The third kappa shape index (κ3) is 2.15. The number of nitrogens with two attached hydrogens (primary N) is 1. The first-order chi connectivity index (χ1) is 8.79. The van der Waals surface area contributed by atoms with E-state index < -0.39 is 0 Å². The molecule has 2 aliphatic rings. The Kier molecular flexibility index (Phi) is 3.08. The van der Waals surface area contributed by atoms with E-state index in [9.17, 15) is 4.79 Å². The lowest BCUT2D eigenvalue weighted by Crippen LogP contribution is -2.30. The quantitative estimate of drug-likeness (QED) is 0.879. The topological polar surface area (TPSA) is 46.3 Å². The molecule has 1 aromatic rings. The van der Waals surface area contributed by atoms with Crippen LogP contribution in [0.5, 0.6) is 0 Å². The summed E-state index contributed by atoms with van der Waals surface area (Å²) in [5, 5.41) is 0. The van der Waals surface area contributed by atoms with Crippen molar-refractivity contribution in [2.45, 2.75) is 32.1 Å². The molecule has 0 bridgehead atoms. The molecule has 1 amide bonds. The first-order valence-electron chi connectivity index (χ1n) is 6.93. The molecule has 0 spiro atoms. The van der Waals surface area contributed by atoms with Gasteiger partial charge in [0, 0.05) is 18.2 Å². The molecular weight excluding hydrogens is 224 g/mol. The number of aryl methyl sites for hydroxylation is 1. The summed E-state index contributed by atoms with van der Waals surface area (Å²) in [4.78, 5) is 14.1. The Bertz CT molecular complexity index is 466. The number of anilines is 1. The minimum absolute atomic E-state index is 0.313. The van der Waals surface area contributed by atoms with E-state index in [1.807, 2.05) is 4.90 Å². The summed E-state index contributed by atoms with van der Waals surface area (Å²) in [5.41, 5.74) is 9.36. The van der Waals surface area contributed by atoms with Crippen molar-refractivity contribution in [3.63, 3.8) is 0 Å². The zero-order chi connectivity index (χ0) is 12.5. The number of hydrogen-bond acceptors (Lipinski definition) is 2. The van der Waals surface area contributed by atoms with E-state index in [-0.39, 0.29) is 0 Å². The highest BCUT2D eigenvalue weighted by Crippen LogP contribution is 2.36. The lowest BCUT2D eigenvalue weighted by atomic mass is 10.0. The van der Waals surface area contributed by atoms with Crippen LogP contribution in [0.3, 0.4) is 0 Å². The molecule has 3 rings (SSSR count). The summed E-state index contributed by atoms with van der Waals surface area (Å²) >= 11 is 0. The summed E-state index contributed by atoms with van der Waals surface area (Å²) in [5.74, 6) is 0.649. The SMILES string of the molecule is NCCCc1ccc2c(c1)CCN2C(=O)C1CC1. The summed E-state index contributed by atoms with van der Waals surface area (Å²) in [6.45, 7) is 1.61. The monoisotopic (exact) mass is 244 g/mol. The van der Waals surface area contributed by atoms with Crippen LogP contribution in [-0.2, 0) is 17.6 Å². The number of benzene rings is 1. The van der Waals surface area contributed by atoms with Gasteiger partial charge >= 0.3 is 0 Å². The largest absolute Gasteiger partial charge is 0.330 e. The van der Waals surface area contributed by atoms with Crippen molar-refractivity contribution in [3.8, 4) is 0 Å². The summed E-state index contributed by atoms with van der Waals surface area (Å²) in [6, 6.07) is 6.52. The molecule has 96 valence electrons. The van der Waals surface area contributed by atoms with Crippen LogP contribution in [0.25, 0.3) is 0 Å². The second kappa shape index (κ2) is 4.73. The van der Waals surface area contributed by atoms with Crippen LogP contribution in [0.4, 0.5) is 5.69 Å². The maximum atomic E-state index is 12.1. The fraction of sp³-hybridized carbons (Fsp3) is 0.533. The van der Waals surface area contributed by atoms with Gasteiger partial charge in [-0.05, 0) is 55.8 Å². The highest BCUT2D eigenvalue weighted by Gasteiger charge is 2.36. The molecule has 3 nitrogen and oxygen atoms in total. The van der Waals surface area contributed by atoms with Crippen molar-refractivity contribution in [2.75, 3.05) is 18.0 Å². The van der Waals surface area contributed by atoms with E-state index in [1.54, 1.807) is 0 Å². The molecule has 0 unspecified atom stereocenters. The van der Waals surface area contributed by atoms with E-state index in [1.165, 1.54) is 11.1 Å². The zero-order valence-corrected chi connectivity index (χ0v) is 10.7. The Morgan fingerprint density at radius 3 is 2.94 bits per heavy atom. The molecule has 0 radical (unpaired) electrons. The van der Waals surface area contributed by atoms with Crippen molar-refractivity contribution in [1.82, 2.24) is 0 Å². The zero-order valence-electron chi connectivity index (χ0n) is 10.7. The molecule has 3 heteroatoms. The summed E-state index contributed by atoms with van der Waals surface area (Å²) < 4.78 is 0. The van der Waals surface area contributed by atoms with Gasteiger partial charge < -0.3 is 10.6 Å². The first kappa shape index (κ1) is 11.7. The predicted octanol–water partition coefficient (Wildman–Crippen LogP) is 1.88. The smallest absolute Gasteiger partial charge is 0.230 e. The van der Waals surface area contributed by atoms with Gasteiger partial charge in [0.2, 0.25) is 5.91 Å². The minimum Gasteiger partial charge on any atom is -0.330 e. The normalized spacial score (nSPS) is 17.9. The predicted molar refractivity (Wildman–Crippen MR) is 72.6 cm³/mol. The molecular formula is C15H20N2O. The molecule has 1 heterocycles. The van der Waals surface area contributed by atoms with Gasteiger partial charge in [-0.15, -0.1) is 0 Å². The number of nitrogens with zero attached hydrogens (tertiary/aromatic N) is 1. The standard InChI is InChI=1S/C15H20N2O/c16-8-1-2-11-3-6-14-13(10-11)7-9-17(14)15(18)12-4-5-12/h3,6,10,12H,1-2,4-5,7-9,16H2. The molecule has 0 saturated heterocycles. The Labute approximate surface area is 108 Å². The second-order valence-electron chi connectivity index (χ2n) is 5.37. The molecule has 1 aliphatic heterocycles. The van der Waals surface area contributed by atoms with Gasteiger partial charge in [0.05, 0.1) is 0 Å². The van der Waals surface area contributed by atoms with E-state index in [0.29, 0.717) is 11.8 Å². The van der Waals surface area contributed by atoms with E-state index in [2.05, 4.69) is 18.2 Å². The van der Waals surface area contributed by atoms with Crippen molar-refractivity contribution in [1.29, 1.82) is 0 Å². The van der Waals surface area contributed by atoms with E-state index in [0.717, 1.165) is 50.9 Å². The van der Waals surface area contributed by atoms with Crippen LogP contribution in [0.15, 0.2) is 18.2 Å². The van der Waals surface area contributed by atoms with E-state index in [4.69, 9.17) is 5.73 Å². The maximum absolute atomic E-state index is 12.1. The Hall–Kier alpha value is -1.35.